The van der Waals surface area contributed by atoms with Crippen LogP contribution in [0.1, 0.15) is 18.4 Å². The maximum absolute atomic E-state index is 6.53. The third-order valence-electron chi connectivity index (χ3n) is 3.61. The Bertz CT molecular complexity index is 508. The Morgan fingerprint density at radius 3 is 3.06 bits per heavy atom. The summed E-state index contributed by atoms with van der Waals surface area (Å²) in [5.74, 6) is 0.457. The van der Waals surface area contributed by atoms with Crippen LogP contribution >= 0.6 is 22.9 Å². The van der Waals surface area contributed by atoms with E-state index in [1.54, 1.807) is 11.3 Å². The minimum atomic E-state index is 0.128. The van der Waals surface area contributed by atoms with Crippen molar-refractivity contribution in [2.45, 2.75) is 31.2 Å². The summed E-state index contributed by atoms with van der Waals surface area (Å²) in [7, 11) is 0. The molecule has 3 unspecified atom stereocenters. The lowest BCUT2D eigenvalue weighted by Crippen LogP contribution is -2.23. The number of fused-ring (bicyclic) bond motifs is 1. The largest absolute Gasteiger partial charge is 0.378 e. The highest BCUT2D eigenvalue weighted by Crippen LogP contribution is 2.31. The molecular weight excluding hydrogens is 266 g/mol. The van der Waals surface area contributed by atoms with E-state index in [0.29, 0.717) is 5.92 Å². The molecule has 0 radical (unpaired) electrons. The molecule has 0 spiro atoms. The second-order valence-corrected chi connectivity index (χ2v) is 6.50. The molecule has 2 nitrogen and oxygen atoms in total. The third-order valence-corrected chi connectivity index (χ3v) is 5.14. The maximum Gasteiger partial charge on any atom is 0.0953 e. The first kappa shape index (κ1) is 12.4. The van der Waals surface area contributed by atoms with Gasteiger partial charge in [0.2, 0.25) is 0 Å². The molecule has 3 rings (SSSR count). The Balaban J connectivity index is 1.75. The van der Waals surface area contributed by atoms with Gasteiger partial charge in [-0.25, -0.2) is 4.98 Å². The topological polar surface area (TPSA) is 22.1 Å². The first-order chi connectivity index (χ1) is 8.74. The van der Waals surface area contributed by atoms with E-state index >= 15 is 0 Å². The highest BCUT2D eigenvalue weighted by atomic mass is 35.5. The normalized spacial score (nSPS) is 25.7. The number of nitrogens with zero attached hydrogens (tertiary/aromatic N) is 1. The maximum atomic E-state index is 6.53. The summed E-state index contributed by atoms with van der Waals surface area (Å²) in [5.41, 5.74) is 1.08. The Labute approximate surface area is 116 Å². The molecule has 3 atom stereocenters. The smallest absolute Gasteiger partial charge is 0.0953 e. The van der Waals surface area contributed by atoms with Gasteiger partial charge in [0.05, 0.1) is 21.3 Å². The predicted molar refractivity (Wildman–Crippen MR) is 76.5 cm³/mol. The molecule has 1 aromatic heterocycles. The van der Waals surface area contributed by atoms with E-state index in [1.165, 1.54) is 4.70 Å². The number of benzene rings is 1. The molecule has 1 aromatic carbocycles. The van der Waals surface area contributed by atoms with E-state index in [9.17, 15) is 0 Å². The van der Waals surface area contributed by atoms with Gasteiger partial charge in [0.15, 0.2) is 0 Å². The van der Waals surface area contributed by atoms with Gasteiger partial charge in [-0.3, -0.25) is 0 Å². The molecule has 0 amide bonds. The average Bonchev–Trinajstić information content (AvgIpc) is 2.94. The monoisotopic (exact) mass is 281 g/mol. The Morgan fingerprint density at radius 1 is 1.50 bits per heavy atom. The summed E-state index contributed by atoms with van der Waals surface area (Å²) < 4.78 is 6.82. The molecule has 4 heteroatoms. The van der Waals surface area contributed by atoms with Gasteiger partial charge in [0.1, 0.15) is 0 Å². The van der Waals surface area contributed by atoms with Crippen molar-refractivity contribution in [2.75, 3.05) is 6.61 Å². The van der Waals surface area contributed by atoms with Crippen LogP contribution in [0.2, 0.25) is 0 Å². The van der Waals surface area contributed by atoms with Crippen molar-refractivity contribution in [3.05, 3.63) is 29.3 Å². The highest BCUT2D eigenvalue weighted by molar-refractivity contribution is 7.18. The van der Waals surface area contributed by atoms with Crippen LogP contribution in [-0.4, -0.2) is 23.1 Å². The zero-order chi connectivity index (χ0) is 12.5. The van der Waals surface area contributed by atoms with Crippen LogP contribution in [0.15, 0.2) is 24.3 Å². The molecule has 1 saturated heterocycles. The van der Waals surface area contributed by atoms with Crippen molar-refractivity contribution in [3.63, 3.8) is 0 Å². The minimum absolute atomic E-state index is 0.128. The summed E-state index contributed by atoms with van der Waals surface area (Å²) >= 11 is 8.28. The zero-order valence-electron chi connectivity index (χ0n) is 10.3. The van der Waals surface area contributed by atoms with Crippen LogP contribution in [0.5, 0.6) is 0 Å². The molecule has 0 bridgehead atoms. The molecule has 1 aliphatic rings. The van der Waals surface area contributed by atoms with Gasteiger partial charge in [-0.2, -0.15) is 0 Å². The standard InChI is InChI=1S/C14H16ClNOS/c1-9-10(6-7-17-9)11(15)8-14-16-12-4-2-3-5-13(12)18-14/h2-5,9-11H,6-8H2,1H3. The van der Waals surface area contributed by atoms with Crippen molar-refractivity contribution in [1.29, 1.82) is 0 Å². The SMILES string of the molecule is CC1OCCC1C(Cl)Cc1nc2ccccc2s1. The lowest BCUT2D eigenvalue weighted by atomic mass is 9.96. The van der Waals surface area contributed by atoms with E-state index in [1.807, 2.05) is 6.07 Å². The molecular formula is C14H16ClNOS. The van der Waals surface area contributed by atoms with Crippen molar-refractivity contribution < 1.29 is 4.74 Å². The van der Waals surface area contributed by atoms with E-state index in [4.69, 9.17) is 16.3 Å². The van der Waals surface area contributed by atoms with E-state index in [-0.39, 0.29) is 11.5 Å². The van der Waals surface area contributed by atoms with E-state index in [2.05, 4.69) is 30.1 Å². The number of para-hydroxylation sites is 1. The summed E-state index contributed by atoms with van der Waals surface area (Å²) in [5, 5.41) is 1.26. The van der Waals surface area contributed by atoms with Crippen molar-refractivity contribution in [2.24, 2.45) is 5.92 Å². The number of rotatable bonds is 3. The number of aromatic nitrogens is 1. The molecule has 0 N–H and O–H groups in total. The molecule has 2 aromatic rings. The lowest BCUT2D eigenvalue weighted by molar-refractivity contribution is 0.105. The Morgan fingerprint density at radius 2 is 2.33 bits per heavy atom. The fraction of sp³-hybridized carbons (Fsp3) is 0.500. The first-order valence-corrected chi connectivity index (χ1v) is 7.59. The van der Waals surface area contributed by atoms with Gasteiger partial charge in [-0.1, -0.05) is 12.1 Å². The van der Waals surface area contributed by atoms with Crippen molar-refractivity contribution in [3.8, 4) is 0 Å². The second kappa shape index (κ2) is 5.16. The third kappa shape index (κ3) is 2.40. The van der Waals surface area contributed by atoms with E-state index in [0.717, 1.165) is 30.0 Å². The van der Waals surface area contributed by atoms with Gasteiger partial charge in [-0.05, 0) is 25.5 Å². The lowest BCUT2D eigenvalue weighted by Gasteiger charge is -2.18. The summed E-state index contributed by atoms with van der Waals surface area (Å²) in [6.45, 7) is 2.96. The summed E-state index contributed by atoms with van der Waals surface area (Å²) in [6.07, 6.45) is 2.20. The van der Waals surface area contributed by atoms with Crippen LogP contribution < -0.4 is 0 Å². The van der Waals surface area contributed by atoms with Crippen LogP contribution in [0.3, 0.4) is 0 Å². The number of hydrogen-bond donors (Lipinski definition) is 0. The number of alkyl halides is 1. The molecule has 0 aliphatic carbocycles. The second-order valence-electron chi connectivity index (χ2n) is 4.82. The van der Waals surface area contributed by atoms with Gasteiger partial charge in [0, 0.05) is 24.3 Å². The average molecular weight is 282 g/mol. The van der Waals surface area contributed by atoms with Crippen LogP contribution in [0.25, 0.3) is 10.2 Å². The zero-order valence-corrected chi connectivity index (χ0v) is 11.9. The van der Waals surface area contributed by atoms with Crippen LogP contribution in [0, 0.1) is 5.92 Å². The number of hydrogen-bond acceptors (Lipinski definition) is 3. The molecule has 0 saturated carbocycles. The molecule has 1 aliphatic heterocycles. The fourth-order valence-corrected chi connectivity index (χ4v) is 4.14. The van der Waals surface area contributed by atoms with E-state index < -0.39 is 0 Å². The Kier molecular flexibility index (Phi) is 3.55. The van der Waals surface area contributed by atoms with Gasteiger partial charge in [0.25, 0.3) is 0 Å². The first-order valence-electron chi connectivity index (χ1n) is 6.34. The van der Waals surface area contributed by atoms with Crippen molar-refractivity contribution in [1.82, 2.24) is 4.98 Å². The number of halogens is 1. The highest BCUT2D eigenvalue weighted by Gasteiger charge is 2.31. The van der Waals surface area contributed by atoms with Crippen LogP contribution in [0.4, 0.5) is 0 Å². The molecule has 96 valence electrons. The number of ether oxygens (including phenoxy) is 1. The Hall–Kier alpha value is -0.640. The predicted octanol–water partition coefficient (Wildman–Crippen LogP) is 3.87. The van der Waals surface area contributed by atoms with Crippen molar-refractivity contribution >= 4 is 33.2 Å². The van der Waals surface area contributed by atoms with Gasteiger partial charge >= 0.3 is 0 Å². The number of thiazole rings is 1. The molecule has 18 heavy (non-hydrogen) atoms. The minimum Gasteiger partial charge on any atom is -0.378 e. The molecule has 1 fully saturated rings. The summed E-state index contributed by atoms with van der Waals surface area (Å²) in [6, 6.07) is 8.24. The van der Waals surface area contributed by atoms with Gasteiger partial charge < -0.3 is 4.74 Å². The van der Waals surface area contributed by atoms with Crippen LogP contribution in [-0.2, 0) is 11.2 Å². The fourth-order valence-electron chi connectivity index (χ4n) is 2.55. The van der Waals surface area contributed by atoms with Gasteiger partial charge in [-0.15, -0.1) is 22.9 Å². The summed E-state index contributed by atoms with van der Waals surface area (Å²) in [4.78, 5) is 4.64. The quantitative estimate of drug-likeness (QED) is 0.797. The molecule has 2 heterocycles.